The Morgan fingerprint density at radius 1 is 1.08 bits per heavy atom. The van der Waals surface area contributed by atoms with Crippen molar-refractivity contribution in [1.82, 2.24) is 15.3 Å². The molecule has 1 aliphatic heterocycles. The number of morpholine rings is 1. The lowest BCUT2D eigenvalue weighted by Gasteiger charge is -2.30. The Kier molecular flexibility index (Phi) is 6.56. The summed E-state index contributed by atoms with van der Waals surface area (Å²) in [7, 11) is 0. The lowest BCUT2D eigenvalue weighted by molar-refractivity contribution is -0.384. The van der Waals surface area contributed by atoms with Crippen LogP contribution in [0.2, 0.25) is 0 Å². The quantitative estimate of drug-likeness (QED) is 0.212. The second-order valence-electron chi connectivity index (χ2n) is 8.15. The van der Waals surface area contributed by atoms with Crippen LogP contribution in [0.5, 0.6) is 0 Å². The van der Waals surface area contributed by atoms with E-state index in [-0.39, 0.29) is 16.4 Å². The SMILES string of the molecule is O=C(NC(=S)Nc1cccc(-c2nc3ccccc3[nH]2)c1)c1cc([N+](=O)[O-])ccc1N1CCOCC1. The molecule has 36 heavy (non-hydrogen) atoms. The highest BCUT2D eigenvalue weighted by atomic mass is 32.1. The summed E-state index contributed by atoms with van der Waals surface area (Å²) in [6.45, 7) is 2.18. The fraction of sp³-hybridized carbons (Fsp3) is 0.160. The van der Waals surface area contributed by atoms with E-state index >= 15 is 0 Å². The van der Waals surface area contributed by atoms with Crippen LogP contribution in [0.3, 0.4) is 0 Å². The Morgan fingerprint density at radius 3 is 2.67 bits per heavy atom. The first-order chi connectivity index (χ1) is 17.5. The van der Waals surface area contributed by atoms with Gasteiger partial charge in [-0.25, -0.2) is 4.98 Å². The van der Waals surface area contributed by atoms with Crippen molar-refractivity contribution in [3.63, 3.8) is 0 Å². The first kappa shape index (κ1) is 23.4. The van der Waals surface area contributed by atoms with Crippen molar-refractivity contribution in [2.75, 3.05) is 36.5 Å². The summed E-state index contributed by atoms with van der Waals surface area (Å²) in [5, 5.41) is 17.1. The van der Waals surface area contributed by atoms with Gasteiger partial charge in [-0.1, -0.05) is 24.3 Å². The van der Waals surface area contributed by atoms with Crippen LogP contribution in [0.15, 0.2) is 66.7 Å². The van der Waals surface area contributed by atoms with Crippen molar-refractivity contribution in [3.05, 3.63) is 82.4 Å². The molecule has 0 spiro atoms. The minimum atomic E-state index is -0.536. The molecule has 0 bridgehead atoms. The van der Waals surface area contributed by atoms with E-state index < -0.39 is 10.8 Å². The fourth-order valence-corrected chi connectivity index (χ4v) is 4.28. The molecule has 0 radical (unpaired) electrons. The minimum absolute atomic E-state index is 0.0705. The van der Waals surface area contributed by atoms with Crippen LogP contribution < -0.4 is 15.5 Å². The van der Waals surface area contributed by atoms with Gasteiger partial charge in [0.05, 0.1) is 40.4 Å². The molecule has 0 aliphatic carbocycles. The summed E-state index contributed by atoms with van der Waals surface area (Å²) in [6.07, 6.45) is 0. The molecule has 1 aromatic heterocycles. The number of hydrogen-bond acceptors (Lipinski definition) is 7. The molecule has 182 valence electrons. The number of nitrogens with zero attached hydrogens (tertiary/aromatic N) is 3. The number of benzene rings is 3. The van der Waals surface area contributed by atoms with E-state index in [9.17, 15) is 14.9 Å². The molecule has 1 aliphatic rings. The third kappa shape index (κ3) is 5.02. The maximum absolute atomic E-state index is 13.1. The van der Waals surface area contributed by atoms with Crippen LogP contribution in [-0.2, 0) is 4.74 Å². The largest absolute Gasteiger partial charge is 0.378 e. The number of aromatic nitrogens is 2. The summed E-state index contributed by atoms with van der Waals surface area (Å²) in [5.74, 6) is 0.174. The normalized spacial score (nSPS) is 13.4. The highest BCUT2D eigenvalue weighted by Gasteiger charge is 2.22. The topological polar surface area (TPSA) is 125 Å². The van der Waals surface area contributed by atoms with Gasteiger partial charge < -0.3 is 19.9 Å². The Bertz CT molecular complexity index is 1430. The van der Waals surface area contributed by atoms with Gasteiger partial charge in [-0.2, -0.15) is 0 Å². The van der Waals surface area contributed by atoms with E-state index in [1.165, 1.54) is 12.1 Å². The summed E-state index contributed by atoms with van der Waals surface area (Å²) in [5.41, 5.74) is 3.89. The lowest BCUT2D eigenvalue weighted by atomic mass is 10.1. The number of amides is 1. The second kappa shape index (κ2) is 10.1. The summed E-state index contributed by atoms with van der Waals surface area (Å²) >= 11 is 5.37. The number of nitro benzene ring substituents is 1. The molecule has 1 saturated heterocycles. The predicted octanol–water partition coefficient (Wildman–Crippen LogP) is 4.10. The lowest BCUT2D eigenvalue weighted by Crippen LogP contribution is -2.39. The van der Waals surface area contributed by atoms with E-state index in [1.54, 1.807) is 6.07 Å². The van der Waals surface area contributed by atoms with E-state index in [1.807, 2.05) is 53.4 Å². The highest BCUT2D eigenvalue weighted by Crippen LogP contribution is 2.27. The maximum Gasteiger partial charge on any atom is 0.270 e. The monoisotopic (exact) mass is 502 g/mol. The number of aromatic amines is 1. The number of H-pyrrole nitrogens is 1. The molecular formula is C25H22N6O4S. The Balaban J connectivity index is 1.33. The number of thiocarbonyl (C=S) groups is 1. The van der Waals surface area contributed by atoms with Crippen LogP contribution in [0, 0.1) is 10.1 Å². The number of carbonyl (C=O) groups is 1. The van der Waals surface area contributed by atoms with Crippen LogP contribution >= 0.6 is 12.2 Å². The first-order valence-electron chi connectivity index (χ1n) is 11.3. The Labute approximate surface area is 211 Å². The molecule has 1 amide bonds. The molecule has 3 N–H and O–H groups in total. The van der Waals surface area contributed by atoms with Gasteiger partial charge in [0.2, 0.25) is 0 Å². The third-order valence-corrected chi connectivity index (χ3v) is 6.00. The number of non-ortho nitro benzene ring substituents is 1. The number of carbonyl (C=O) groups excluding carboxylic acids is 1. The van der Waals surface area contributed by atoms with E-state index in [0.29, 0.717) is 43.5 Å². The van der Waals surface area contributed by atoms with Gasteiger partial charge in [-0.15, -0.1) is 0 Å². The van der Waals surface area contributed by atoms with Crippen LogP contribution in [0.1, 0.15) is 10.4 Å². The molecule has 2 heterocycles. The van der Waals surface area contributed by atoms with E-state index in [0.717, 1.165) is 16.6 Å². The average Bonchev–Trinajstić information content (AvgIpc) is 3.33. The van der Waals surface area contributed by atoms with Gasteiger partial charge in [0.1, 0.15) is 5.82 Å². The van der Waals surface area contributed by atoms with Crippen LogP contribution in [0.25, 0.3) is 22.4 Å². The zero-order valence-corrected chi connectivity index (χ0v) is 19.9. The zero-order chi connectivity index (χ0) is 25.1. The summed E-state index contributed by atoms with van der Waals surface area (Å²) in [4.78, 5) is 33.8. The molecular weight excluding hydrogens is 480 g/mol. The van der Waals surface area contributed by atoms with Gasteiger partial charge in [0.15, 0.2) is 5.11 Å². The molecule has 0 unspecified atom stereocenters. The molecule has 10 nitrogen and oxygen atoms in total. The number of imidazole rings is 1. The van der Waals surface area contributed by atoms with Gasteiger partial charge in [-0.05, 0) is 42.5 Å². The number of nitro groups is 1. The average molecular weight is 503 g/mol. The molecule has 4 aromatic rings. The minimum Gasteiger partial charge on any atom is -0.378 e. The fourth-order valence-electron chi connectivity index (χ4n) is 4.07. The molecule has 11 heteroatoms. The second-order valence-corrected chi connectivity index (χ2v) is 8.56. The molecule has 5 rings (SSSR count). The molecule has 1 fully saturated rings. The van der Waals surface area contributed by atoms with E-state index in [4.69, 9.17) is 17.0 Å². The van der Waals surface area contributed by atoms with Crippen molar-refractivity contribution in [2.45, 2.75) is 0 Å². The van der Waals surface area contributed by atoms with Crippen LogP contribution in [-0.4, -0.2) is 52.2 Å². The summed E-state index contributed by atoms with van der Waals surface area (Å²) < 4.78 is 5.39. The number of fused-ring (bicyclic) bond motifs is 1. The number of para-hydroxylation sites is 2. The maximum atomic E-state index is 13.1. The number of nitrogens with one attached hydrogen (secondary N) is 3. The Hall–Kier alpha value is -4.35. The molecule has 0 saturated carbocycles. The van der Waals surface area contributed by atoms with Gasteiger partial charge in [-0.3, -0.25) is 20.2 Å². The van der Waals surface area contributed by atoms with Crippen LogP contribution in [0.4, 0.5) is 17.1 Å². The zero-order valence-electron chi connectivity index (χ0n) is 19.1. The summed E-state index contributed by atoms with van der Waals surface area (Å²) in [6, 6.07) is 19.5. The number of hydrogen-bond donors (Lipinski definition) is 3. The van der Waals surface area contributed by atoms with E-state index in [2.05, 4.69) is 20.6 Å². The third-order valence-electron chi connectivity index (χ3n) is 5.80. The number of anilines is 2. The van der Waals surface area contributed by atoms with Crippen molar-refractivity contribution >= 4 is 51.3 Å². The predicted molar refractivity (Wildman–Crippen MR) is 141 cm³/mol. The first-order valence-corrected chi connectivity index (χ1v) is 11.7. The van der Waals surface area contributed by atoms with Crippen molar-refractivity contribution in [1.29, 1.82) is 0 Å². The smallest absolute Gasteiger partial charge is 0.270 e. The van der Waals surface area contributed by atoms with Crippen molar-refractivity contribution < 1.29 is 14.5 Å². The van der Waals surface area contributed by atoms with Gasteiger partial charge in [0.25, 0.3) is 11.6 Å². The molecule has 3 aromatic carbocycles. The van der Waals surface area contributed by atoms with Crippen molar-refractivity contribution in [2.24, 2.45) is 0 Å². The number of ether oxygens (including phenoxy) is 1. The standard InChI is InChI=1S/C25H22N6O4S/c32-24(19-15-18(31(33)34)8-9-22(19)30-10-12-35-13-11-30)29-25(36)26-17-5-3-4-16(14-17)23-27-20-6-1-2-7-21(20)28-23/h1-9,14-15H,10-13H2,(H,27,28)(H2,26,29,32,36). The van der Waals surface area contributed by atoms with Gasteiger partial charge >= 0.3 is 0 Å². The Morgan fingerprint density at radius 2 is 1.89 bits per heavy atom. The number of rotatable bonds is 5. The molecule has 0 atom stereocenters. The van der Waals surface area contributed by atoms with Gasteiger partial charge in [0, 0.05) is 36.5 Å². The van der Waals surface area contributed by atoms with Crippen molar-refractivity contribution in [3.8, 4) is 11.4 Å². The highest BCUT2D eigenvalue weighted by molar-refractivity contribution is 7.80.